The molecule has 0 saturated carbocycles. The van der Waals surface area contributed by atoms with Crippen LogP contribution in [0, 0.1) is 0 Å². The van der Waals surface area contributed by atoms with Crippen LogP contribution in [0.15, 0.2) is 0 Å². The summed E-state index contributed by atoms with van der Waals surface area (Å²) in [4.78, 5) is 0. The minimum Gasteiger partial charge on any atom is -0.390 e. The summed E-state index contributed by atoms with van der Waals surface area (Å²) in [6.07, 6.45) is -0.104. The fourth-order valence-electron chi connectivity index (χ4n) is 1.44. The molecule has 0 bridgehead atoms. The SMILES string of the molecule is CCCS(=O)(=O)[C@@H]1CNC[C@H]1O. The fraction of sp³-hybridized carbons (Fsp3) is 1.00. The molecule has 0 amide bonds. The Balaban J connectivity index is 2.68. The van der Waals surface area contributed by atoms with Gasteiger partial charge >= 0.3 is 0 Å². The van der Waals surface area contributed by atoms with Crippen LogP contribution in [-0.4, -0.2) is 43.7 Å². The summed E-state index contributed by atoms with van der Waals surface area (Å²) in [6, 6.07) is 0. The van der Waals surface area contributed by atoms with Crippen molar-refractivity contribution in [3.05, 3.63) is 0 Å². The van der Waals surface area contributed by atoms with Crippen molar-refractivity contribution in [1.29, 1.82) is 0 Å². The van der Waals surface area contributed by atoms with E-state index in [1.165, 1.54) is 0 Å². The number of rotatable bonds is 3. The van der Waals surface area contributed by atoms with Crippen molar-refractivity contribution in [1.82, 2.24) is 5.32 Å². The van der Waals surface area contributed by atoms with Gasteiger partial charge in [0.15, 0.2) is 9.84 Å². The molecule has 4 nitrogen and oxygen atoms in total. The Kier molecular flexibility index (Phi) is 3.09. The van der Waals surface area contributed by atoms with Crippen LogP contribution in [0.25, 0.3) is 0 Å². The first kappa shape index (κ1) is 9.95. The molecule has 1 saturated heterocycles. The predicted octanol–water partition coefficient (Wildman–Crippen LogP) is -0.856. The molecule has 2 atom stereocenters. The van der Waals surface area contributed by atoms with Gasteiger partial charge in [-0.2, -0.15) is 0 Å². The molecule has 0 aromatic rings. The smallest absolute Gasteiger partial charge is 0.156 e. The second-order valence-electron chi connectivity index (χ2n) is 3.13. The summed E-state index contributed by atoms with van der Waals surface area (Å²) in [7, 11) is -3.07. The molecule has 0 spiro atoms. The molecule has 2 N–H and O–H groups in total. The summed E-state index contributed by atoms with van der Waals surface area (Å²) < 4.78 is 22.9. The zero-order valence-electron chi connectivity index (χ0n) is 7.16. The molecule has 0 aromatic heterocycles. The summed E-state index contributed by atoms with van der Waals surface area (Å²) in [5.74, 6) is 0.177. The first-order chi connectivity index (χ1) is 5.58. The van der Waals surface area contributed by atoms with Crippen LogP contribution < -0.4 is 5.32 Å². The molecule has 1 rings (SSSR count). The molecule has 0 unspecified atom stereocenters. The molecular formula is C7H15NO3S. The maximum atomic E-state index is 11.4. The van der Waals surface area contributed by atoms with Gasteiger partial charge in [0.25, 0.3) is 0 Å². The second-order valence-corrected chi connectivity index (χ2v) is 5.47. The lowest BCUT2D eigenvalue weighted by atomic mass is 10.3. The lowest BCUT2D eigenvalue weighted by molar-refractivity contribution is 0.198. The molecule has 5 heteroatoms. The maximum Gasteiger partial charge on any atom is 0.156 e. The molecule has 72 valence electrons. The third-order valence-corrected chi connectivity index (χ3v) is 4.46. The van der Waals surface area contributed by atoms with Gasteiger partial charge in [-0.15, -0.1) is 0 Å². The Morgan fingerprint density at radius 3 is 2.58 bits per heavy atom. The van der Waals surface area contributed by atoms with Crippen molar-refractivity contribution in [2.45, 2.75) is 24.7 Å². The van der Waals surface area contributed by atoms with Crippen molar-refractivity contribution in [2.24, 2.45) is 0 Å². The van der Waals surface area contributed by atoms with E-state index in [9.17, 15) is 13.5 Å². The summed E-state index contributed by atoms with van der Waals surface area (Å²) in [5.41, 5.74) is 0. The minimum atomic E-state index is -3.07. The molecule has 1 aliphatic heterocycles. The number of aliphatic hydroxyl groups is 1. The zero-order valence-corrected chi connectivity index (χ0v) is 7.97. The first-order valence-corrected chi connectivity index (χ1v) is 5.90. The van der Waals surface area contributed by atoms with E-state index >= 15 is 0 Å². The fourth-order valence-corrected chi connectivity index (χ4v) is 3.26. The van der Waals surface area contributed by atoms with Crippen molar-refractivity contribution in [3.63, 3.8) is 0 Å². The average Bonchev–Trinajstić information content (AvgIpc) is 2.35. The van der Waals surface area contributed by atoms with E-state index in [0.29, 0.717) is 19.5 Å². The van der Waals surface area contributed by atoms with Crippen LogP contribution in [-0.2, 0) is 9.84 Å². The molecule has 1 aliphatic rings. The molecule has 12 heavy (non-hydrogen) atoms. The summed E-state index contributed by atoms with van der Waals surface area (Å²) in [6.45, 7) is 2.61. The molecule has 0 aliphatic carbocycles. The Labute approximate surface area is 72.9 Å². The number of aliphatic hydroxyl groups excluding tert-OH is 1. The van der Waals surface area contributed by atoms with E-state index in [-0.39, 0.29) is 5.75 Å². The molecule has 0 aromatic carbocycles. The van der Waals surface area contributed by atoms with Gasteiger partial charge in [0.2, 0.25) is 0 Å². The Morgan fingerprint density at radius 1 is 1.50 bits per heavy atom. The number of hydrogen-bond donors (Lipinski definition) is 2. The lowest BCUT2D eigenvalue weighted by Gasteiger charge is -2.13. The van der Waals surface area contributed by atoms with Crippen LogP contribution in [0.2, 0.25) is 0 Å². The molecule has 1 fully saturated rings. The highest BCUT2D eigenvalue weighted by molar-refractivity contribution is 7.92. The van der Waals surface area contributed by atoms with Crippen molar-refractivity contribution in [3.8, 4) is 0 Å². The van der Waals surface area contributed by atoms with Crippen molar-refractivity contribution < 1.29 is 13.5 Å². The highest BCUT2D eigenvalue weighted by Crippen LogP contribution is 2.12. The summed E-state index contributed by atoms with van der Waals surface area (Å²) in [5, 5.41) is 11.6. The van der Waals surface area contributed by atoms with Gasteiger partial charge in [0.05, 0.1) is 11.9 Å². The average molecular weight is 193 g/mol. The second kappa shape index (κ2) is 3.72. The van der Waals surface area contributed by atoms with Crippen LogP contribution in [0.5, 0.6) is 0 Å². The van der Waals surface area contributed by atoms with Crippen LogP contribution in [0.1, 0.15) is 13.3 Å². The Bertz CT molecular complexity index is 237. The third kappa shape index (κ3) is 1.97. The maximum absolute atomic E-state index is 11.4. The third-order valence-electron chi connectivity index (χ3n) is 2.08. The largest absolute Gasteiger partial charge is 0.390 e. The van der Waals surface area contributed by atoms with Crippen molar-refractivity contribution in [2.75, 3.05) is 18.8 Å². The molecule has 1 heterocycles. The number of sulfone groups is 1. The van der Waals surface area contributed by atoms with E-state index in [0.717, 1.165) is 0 Å². The zero-order chi connectivity index (χ0) is 9.19. The van der Waals surface area contributed by atoms with Gasteiger partial charge in [-0.25, -0.2) is 8.42 Å². The topological polar surface area (TPSA) is 66.4 Å². The van der Waals surface area contributed by atoms with Crippen LogP contribution in [0.4, 0.5) is 0 Å². The standard InChI is InChI=1S/C7H15NO3S/c1-2-3-12(10,11)7-5-8-4-6(7)9/h6-9H,2-5H2,1H3/t6-,7-/m1/s1. The number of hydrogen-bond acceptors (Lipinski definition) is 4. The van der Waals surface area contributed by atoms with Gasteiger partial charge in [-0.3, -0.25) is 0 Å². The lowest BCUT2D eigenvalue weighted by Crippen LogP contribution is -2.34. The number of β-amino-alcohol motifs (C(OH)–C–C–N with tert-alkyl or cyclic N) is 1. The van der Waals surface area contributed by atoms with Gasteiger partial charge in [0, 0.05) is 13.1 Å². The van der Waals surface area contributed by atoms with E-state index in [1.54, 1.807) is 0 Å². The van der Waals surface area contributed by atoms with E-state index < -0.39 is 21.2 Å². The monoisotopic (exact) mass is 193 g/mol. The molecular weight excluding hydrogens is 178 g/mol. The highest BCUT2D eigenvalue weighted by atomic mass is 32.2. The van der Waals surface area contributed by atoms with Crippen LogP contribution in [0.3, 0.4) is 0 Å². The predicted molar refractivity (Wildman–Crippen MR) is 46.7 cm³/mol. The van der Waals surface area contributed by atoms with Gasteiger partial charge in [-0.1, -0.05) is 6.92 Å². The minimum absolute atomic E-state index is 0.177. The normalized spacial score (nSPS) is 30.8. The molecule has 0 radical (unpaired) electrons. The van der Waals surface area contributed by atoms with E-state index in [2.05, 4.69) is 5.32 Å². The van der Waals surface area contributed by atoms with E-state index in [4.69, 9.17) is 0 Å². The Hall–Kier alpha value is -0.130. The first-order valence-electron chi connectivity index (χ1n) is 4.18. The van der Waals surface area contributed by atoms with E-state index in [1.807, 2.05) is 6.92 Å². The van der Waals surface area contributed by atoms with Gasteiger partial charge in [0.1, 0.15) is 5.25 Å². The van der Waals surface area contributed by atoms with Gasteiger partial charge < -0.3 is 10.4 Å². The summed E-state index contributed by atoms with van der Waals surface area (Å²) >= 11 is 0. The van der Waals surface area contributed by atoms with Gasteiger partial charge in [-0.05, 0) is 6.42 Å². The van der Waals surface area contributed by atoms with Crippen molar-refractivity contribution >= 4 is 9.84 Å². The quantitative estimate of drug-likeness (QED) is 0.612. The highest BCUT2D eigenvalue weighted by Gasteiger charge is 2.35. The number of nitrogens with one attached hydrogen (secondary N) is 1. The van der Waals surface area contributed by atoms with Crippen LogP contribution >= 0.6 is 0 Å². The Morgan fingerprint density at radius 2 is 2.17 bits per heavy atom.